The molecule has 2 aliphatic heterocycles. The molecule has 2 heterocycles. The van der Waals surface area contributed by atoms with Gasteiger partial charge in [0.1, 0.15) is 0 Å². The molecule has 0 aromatic heterocycles. The third kappa shape index (κ3) is 3.49. The minimum atomic E-state index is -0.0671. The minimum Gasteiger partial charge on any atom is -0.375 e. The van der Waals surface area contributed by atoms with Crippen molar-refractivity contribution in [2.24, 2.45) is 5.92 Å². The van der Waals surface area contributed by atoms with Crippen molar-refractivity contribution in [3.05, 3.63) is 33.3 Å². The lowest BCUT2D eigenvalue weighted by molar-refractivity contribution is -0.0959. The number of rotatable bonds is 2. The number of benzene rings is 1. The highest BCUT2D eigenvalue weighted by Crippen LogP contribution is 2.41. The number of Topliss-reactive ketones (excluding diaryl/α,β-unsaturated/α-hetero) is 1. The topological polar surface area (TPSA) is 26.3 Å². The van der Waals surface area contributed by atoms with Gasteiger partial charge in [0.05, 0.1) is 10.6 Å². The molecular formula is C16H18BrClO2S. The van der Waals surface area contributed by atoms with Gasteiger partial charge in [-0.1, -0.05) is 27.5 Å². The average Bonchev–Trinajstić information content (AvgIpc) is 2.50. The fourth-order valence-corrected chi connectivity index (χ4v) is 5.06. The Hall–Kier alpha value is -0.0300. The van der Waals surface area contributed by atoms with E-state index in [9.17, 15) is 4.79 Å². The van der Waals surface area contributed by atoms with E-state index in [1.807, 2.05) is 23.9 Å². The van der Waals surface area contributed by atoms with Gasteiger partial charge in [-0.3, -0.25) is 4.79 Å². The van der Waals surface area contributed by atoms with E-state index in [1.54, 1.807) is 6.07 Å². The number of hydrogen-bond acceptors (Lipinski definition) is 3. The van der Waals surface area contributed by atoms with Crippen molar-refractivity contribution in [2.75, 3.05) is 18.1 Å². The Bertz CT molecular complexity index is 538. The predicted molar refractivity (Wildman–Crippen MR) is 91.4 cm³/mol. The second-order valence-electron chi connectivity index (χ2n) is 5.82. The summed E-state index contributed by atoms with van der Waals surface area (Å²) >= 11 is 11.6. The van der Waals surface area contributed by atoms with Crippen molar-refractivity contribution in [1.29, 1.82) is 0 Å². The maximum Gasteiger partial charge on any atom is 0.167 e. The summed E-state index contributed by atoms with van der Waals surface area (Å²) in [6.07, 6.45) is 3.77. The zero-order valence-corrected chi connectivity index (χ0v) is 14.9. The molecule has 0 saturated carbocycles. The summed E-state index contributed by atoms with van der Waals surface area (Å²) in [4.78, 5) is 12.8. The van der Waals surface area contributed by atoms with Crippen molar-refractivity contribution in [3.63, 3.8) is 0 Å². The van der Waals surface area contributed by atoms with E-state index in [2.05, 4.69) is 15.9 Å². The lowest BCUT2D eigenvalue weighted by Crippen LogP contribution is -2.44. The molecule has 3 rings (SSSR count). The summed E-state index contributed by atoms with van der Waals surface area (Å²) in [7, 11) is 0. The Labute approximate surface area is 143 Å². The van der Waals surface area contributed by atoms with Gasteiger partial charge in [0.15, 0.2) is 5.78 Å². The number of halogens is 2. The Balaban J connectivity index is 1.79. The summed E-state index contributed by atoms with van der Waals surface area (Å²) in [5.74, 6) is 2.48. The number of hydrogen-bond donors (Lipinski definition) is 0. The SMILES string of the molecule is O=C(c1cc(Br)ccc1Cl)C1CCOC2(CCSCC2)C1. The van der Waals surface area contributed by atoms with Crippen molar-refractivity contribution in [1.82, 2.24) is 0 Å². The summed E-state index contributed by atoms with van der Waals surface area (Å²) in [6.45, 7) is 0.687. The summed E-state index contributed by atoms with van der Waals surface area (Å²) in [5.41, 5.74) is 0.570. The first-order valence-corrected chi connectivity index (χ1v) is 9.63. The van der Waals surface area contributed by atoms with Gasteiger partial charge in [-0.05, 0) is 55.4 Å². The molecular weight excluding hydrogens is 372 g/mol. The number of carbonyl (C=O) groups excluding carboxylic acids is 1. The molecule has 0 bridgehead atoms. The first-order chi connectivity index (χ1) is 10.1. The largest absolute Gasteiger partial charge is 0.375 e. The van der Waals surface area contributed by atoms with E-state index in [1.165, 1.54) is 0 Å². The van der Waals surface area contributed by atoms with Crippen molar-refractivity contribution in [3.8, 4) is 0 Å². The highest BCUT2D eigenvalue weighted by Gasteiger charge is 2.41. The molecule has 1 unspecified atom stereocenters. The van der Waals surface area contributed by atoms with Gasteiger partial charge >= 0.3 is 0 Å². The van der Waals surface area contributed by atoms with Crippen LogP contribution in [0.15, 0.2) is 22.7 Å². The van der Waals surface area contributed by atoms with E-state index in [-0.39, 0.29) is 17.3 Å². The molecule has 1 aromatic carbocycles. The van der Waals surface area contributed by atoms with Gasteiger partial charge < -0.3 is 4.74 Å². The zero-order chi connectivity index (χ0) is 14.9. The third-order valence-corrected chi connectivity index (χ3v) is 6.27. The van der Waals surface area contributed by atoms with Gasteiger partial charge in [0.25, 0.3) is 0 Å². The minimum absolute atomic E-state index is 0.0358. The lowest BCUT2D eigenvalue weighted by atomic mass is 9.79. The molecule has 114 valence electrons. The molecule has 2 saturated heterocycles. The second-order valence-corrected chi connectivity index (χ2v) is 8.37. The Morgan fingerprint density at radius 3 is 2.90 bits per heavy atom. The van der Waals surface area contributed by atoms with Crippen LogP contribution in [0.1, 0.15) is 36.0 Å². The molecule has 0 aliphatic carbocycles. The Morgan fingerprint density at radius 2 is 2.14 bits per heavy atom. The standard InChI is InChI=1S/C16H18BrClO2S/c17-12-1-2-14(18)13(9-12)15(19)11-3-6-20-16(10-11)4-7-21-8-5-16/h1-2,9,11H,3-8,10H2. The Kier molecular flexibility index (Phi) is 4.99. The van der Waals surface area contributed by atoms with Crippen LogP contribution in [0.2, 0.25) is 5.02 Å². The van der Waals surface area contributed by atoms with Gasteiger partial charge in [0, 0.05) is 22.6 Å². The molecule has 21 heavy (non-hydrogen) atoms. The van der Waals surface area contributed by atoms with Crippen LogP contribution in [0.25, 0.3) is 0 Å². The van der Waals surface area contributed by atoms with Gasteiger partial charge in [0.2, 0.25) is 0 Å². The molecule has 2 nitrogen and oxygen atoms in total. The van der Waals surface area contributed by atoms with Crippen LogP contribution in [0.4, 0.5) is 0 Å². The van der Waals surface area contributed by atoms with Crippen LogP contribution >= 0.6 is 39.3 Å². The van der Waals surface area contributed by atoms with E-state index >= 15 is 0 Å². The van der Waals surface area contributed by atoms with E-state index in [0.717, 1.165) is 41.7 Å². The average molecular weight is 390 g/mol. The summed E-state index contributed by atoms with van der Waals surface area (Å²) < 4.78 is 6.96. The van der Waals surface area contributed by atoms with Gasteiger partial charge in [-0.25, -0.2) is 0 Å². The predicted octanol–water partition coefficient (Wildman–Crippen LogP) is 4.98. The fourth-order valence-electron chi connectivity index (χ4n) is 3.25. The molecule has 0 radical (unpaired) electrons. The van der Waals surface area contributed by atoms with E-state index in [4.69, 9.17) is 16.3 Å². The maximum atomic E-state index is 12.8. The first kappa shape index (κ1) is 15.9. The van der Waals surface area contributed by atoms with Crippen molar-refractivity contribution < 1.29 is 9.53 Å². The number of ether oxygens (including phenoxy) is 1. The first-order valence-electron chi connectivity index (χ1n) is 7.31. The highest BCUT2D eigenvalue weighted by atomic mass is 79.9. The van der Waals surface area contributed by atoms with Gasteiger partial charge in [-0.15, -0.1) is 0 Å². The normalized spacial score (nSPS) is 25.0. The number of thioether (sulfide) groups is 1. The maximum absolute atomic E-state index is 12.8. The van der Waals surface area contributed by atoms with Crippen LogP contribution in [-0.2, 0) is 4.74 Å². The molecule has 2 aliphatic rings. The molecule has 1 atom stereocenters. The van der Waals surface area contributed by atoms with Crippen LogP contribution in [0.3, 0.4) is 0 Å². The Morgan fingerprint density at radius 1 is 1.38 bits per heavy atom. The molecule has 0 N–H and O–H groups in total. The number of carbonyl (C=O) groups is 1. The van der Waals surface area contributed by atoms with E-state index in [0.29, 0.717) is 17.2 Å². The fraction of sp³-hybridized carbons (Fsp3) is 0.562. The zero-order valence-electron chi connectivity index (χ0n) is 11.7. The summed E-state index contributed by atoms with van der Waals surface area (Å²) in [5, 5.41) is 0.544. The van der Waals surface area contributed by atoms with Crippen LogP contribution in [-0.4, -0.2) is 29.5 Å². The van der Waals surface area contributed by atoms with Crippen LogP contribution < -0.4 is 0 Å². The molecule has 2 fully saturated rings. The van der Waals surface area contributed by atoms with Gasteiger partial charge in [-0.2, -0.15) is 11.8 Å². The summed E-state index contributed by atoms with van der Waals surface area (Å²) in [6, 6.07) is 5.48. The molecule has 5 heteroatoms. The second kappa shape index (κ2) is 6.61. The highest BCUT2D eigenvalue weighted by molar-refractivity contribution is 9.10. The third-order valence-electron chi connectivity index (χ3n) is 4.46. The monoisotopic (exact) mass is 388 g/mol. The van der Waals surface area contributed by atoms with E-state index < -0.39 is 0 Å². The number of ketones is 1. The van der Waals surface area contributed by atoms with Crippen molar-refractivity contribution >= 4 is 45.1 Å². The molecule has 0 amide bonds. The smallest absolute Gasteiger partial charge is 0.167 e. The lowest BCUT2D eigenvalue weighted by Gasteiger charge is -2.43. The van der Waals surface area contributed by atoms with Crippen LogP contribution in [0.5, 0.6) is 0 Å². The quantitative estimate of drug-likeness (QED) is 0.667. The van der Waals surface area contributed by atoms with Crippen molar-refractivity contribution in [2.45, 2.75) is 31.3 Å². The van der Waals surface area contributed by atoms with Crippen LogP contribution in [0, 0.1) is 5.92 Å². The molecule has 1 aromatic rings. The molecule has 1 spiro atoms.